The fourth-order valence-corrected chi connectivity index (χ4v) is 9.57. The van der Waals surface area contributed by atoms with Crippen molar-refractivity contribution in [2.24, 2.45) is 17.3 Å². The minimum Gasteiger partial charge on any atom is -0.470 e. The number of rotatable bonds is 3. The molecule has 1 spiro atoms. The zero-order chi connectivity index (χ0) is 40.0. The normalized spacial score (nSPS) is 31.6. The number of amides is 4. The Labute approximate surface area is 329 Å². The maximum absolute atomic E-state index is 16.2. The molecule has 1 saturated heterocycles. The molecule has 4 bridgehead atoms. The van der Waals surface area contributed by atoms with Crippen molar-refractivity contribution in [2.45, 2.75) is 112 Å². The Kier molecular flexibility index (Phi) is 10.5. The van der Waals surface area contributed by atoms with E-state index in [0.29, 0.717) is 51.4 Å². The number of carbonyl (C=O) groups is 4. The number of halogens is 2. The van der Waals surface area contributed by atoms with Crippen molar-refractivity contribution in [3.8, 4) is 5.88 Å². The zero-order valence-electron chi connectivity index (χ0n) is 31.6. The molecule has 3 aliphatic heterocycles. The number of cyclic esters (lactones) is 1. The molecule has 4 amide bonds. The largest absolute Gasteiger partial charge is 0.470 e. The highest BCUT2D eigenvalue weighted by Crippen LogP contribution is 2.50. The van der Waals surface area contributed by atoms with Gasteiger partial charge in [-0.1, -0.05) is 43.2 Å². The number of hydrogen-bond donors (Lipinski definition) is 3. The number of sulfonamides is 1. The fraction of sp³-hybridized carbons (Fsp3) is 0.600. The number of allylic oxidation sites excluding steroid dienone is 3. The van der Waals surface area contributed by atoms with Crippen LogP contribution in [0.2, 0.25) is 0 Å². The molecular weight excluding hydrogens is 763 g/mol. The van der Waals surface area contributed by atoms with E-state index in [9.17, 15) is 27.6 Å². The van der Waals surface area contributed by atoms with E-state index in [2.05, 4.69) is 25.3 Å². The first-order valence-electron chi connectivity index (χ1n) is 20.0. The van der Waals surface area contributed by atoms with Crippen molar-refractivity contribution in [2.75, 3.05) is 19.7 Å². The molecule has 5 atom stereocenters. The van der Waals surface area contributed by atoms with Crippen LogP contribution < -0.4 is 20.1 Å². The summed E-state index contributed by atoms with van der Waals surface area (Å²) >= 11 is 0. The van der Waals surface area contributed by atoms with Gasteiger partial charge in [-0.15, -0.1) is 0 Å². The molecule has 3 aliphatic carbocycles. The van der Waals surface area contributed by atoms with Gasteiger partial charge in [0.05, 0.1) is 35.4 Å². The lowest BCUT2D eigenvalue weighted by Gasteiger charge is -2.25. The summed E-state index contributed by atoms with van der Waals surface area (Å²) in [6, 6.07) is 5.46. The molecule has 1 aromatic carbocycles. The first kappa shape index (κ1) is 39.2. The van der Waals surface area contributed by atoms with Crippen LogP contribution in [0.3, 0.4) is 0 Å². The number of ether oxygens (including phenoxy) is 2. The summed E-state index contributed by atoms with van der Waals surface area (Å²) in [5.41, 5.74) is -2.12. The Balaban J connectivity index is 1.17. The zero-order valence-corrected chi connectivity index (χ0v) is 32.4. The van der Waals surface area contributed by atoms with Crippen LogP contribution in [0.5, 0.6) is 5.88 Å². The van der Waals surface area contributed by atoms with Gasteiger partial charge in [-0.25, -0.2) is 23.2 Å². The molecule has 3 N–H and O–H groups in total. The van der Waals surface area contributed by atoms with Gasteiger partial charge in [0, 0.05) is 17.9 Å². The highest BCUT2D eigenvalue weighted by Gasteiger charge is 2.62. The standard InChI is InChI=1S/C40H48F2N6O8S/c41-40(42)18-10-4-9-17-38(19-20-38)24-55-37(52)45-30-14-6-3-1-2-5-11-25-21-39(25,36(51)47-57(53,54)26-15-16-26)46-33(49)27-22-48(35(30)50)23-31(27)56-34-32(40)43-28-12-7-8-13-29(28)44-34/h5,7-8,10-13,18,25-27,30-31H,1-4,6,9,14-17,19-24H2,(H,45,52)(H,46,49)(H,47,51)/b11-5+,18-10+/t25-,27?,30+,31+,39+/m1/s1. The molecule has 4 heterocycles. The Bertz CT molecular complexity index is 2110. The summed E-state index contributed by atoms with van der Waals surface area (Å²) in [6.45, 7) is -0.361. The summed E-state index contributed by atoms with van der Waals surface area (Å²) in [5.74, 6) is -8.00. The van der Waals surface area contributed by atoms with Crippen LogP contribution in [-0.4, -0.2) is 89.7 Å². The minimum atomic E-state index is -3.96. The number of alkyl halides is 2. The molecule has 6 aliphatic rings. The lowest BCUT2D eigenvalue weighted by molar-refractivity contribution is -0.134. The van der Waals surface area contributed by atoms with Gasteiger partial charge in [0.25, 0.3) is 5.91 Å². The second kappa shape index (κ2) is 15.3. The SMILES string of the molecule is O=C1N[C@H]2CCCCC/C=C/[C@@H]3C[C@]3(C(=O)NS(=O)(=O)C3CC3)NC(=O)C3CN(C[C@@H]3Oc3nc4ccccc4nc3C(F)(F)/C=C/CCCC3(CC3)CO1)C2=O. The Morgan fingerprint density at radius 3 is 2.44 bits per heavy atom. The molecule has 14 nitrogen and oxygen atoms in total. The van der Waals surface area contributed by atoms with Gasteiger partial charge in [-0.3, -0.25) is 19.1 Å². The quantitative estimate of drug-likeness (QED) is 0.372. The molecule has 2 aromatic rings. The highest BCUT2D eigenvalue weighted by atomic mass is 32.2. The summed E-state index contributed by atoms with van der Waals surface area (Å²) < 4.78 is 72.3. The first-order chi connectivity index (χ1) is 27.3. The number of hydrogen-bond acceptors (Lipinski definition) is 10. The number of benzene rings is 1. The van der Waals surface area contributed by atoms with Gasteiger partial charge in [0.15, 0.2) is 5.69 Å². The number of fused-ring (bicyclic) bond motifs is 7. The van der Waals surface area contributed by atoms with E-state index in [1.54, 1.807) is 24.3 Å². The molecule has 4 fully saturated rings. The molecule has 3 saturated carbocycles. The predicted molar refractivity (Wildman–Crippen MR) is 202 cm³/mol. The average Bonchev–Trinajstić information content (AvgIpc) is 4.10. The van der Waals surface area contributed by atoms with Crippen molar-refractivity contribution in [1.29, 1.82) is 0 Å². The molecule has 17 heteroatoms. The summed E-state index contributed by atoms with van der Waals surface area (Å²) in [7, 11) is -3.96. The van der Waals surface area contributed by atoms with Crippen molar-refractivity contribution in [3.05, 3.63) is 54.3 Å². The second-order valence-electron chi connectivity index (χ2n) is 16.6. The Hall–Kier alpha value is -4.67. The van der Waals surface area contributed by atoms with Crippen LogP contribution >= 0.6 is 0 Å². The van der Waals surface area contributed by atoms with Crippen molar-refractivity contribution in [1.82, 2.24) is 30.2 Å². The second-order valence-corrected chi connectivity index (χ2v) is 18.5. The summed E-state index contributed by atoms with van der Waals surface area (Å²) in [5, 5.41) is 4.90. The lowest BCUT2D eigenvalue weighted by Crippen LogP contribution is -2.55. The minimum absolute atomic E-state index is 0.135. The summed E-state index contributed by atoms with van der Waals surface area (Å²) in [4.78, 5) is 65.9. The Morgan fingerprint density at radius 1 is 0.930 bits per heavy atom. The number of aromatic nitrogens is 2. The predicted octanol–water partition coefficient (Wildman–Crippen LogP) is 4.55. The van der Waals surface area contributed by atoms with Gasteiger partial charge < -0.3 is 25.0 Å². The van der Waals surface area contributed by atoms with Crippen LogP contribution in [-0.2, 0) is 35.1 Å². The van der Waals surface area contributed by atoms with Crippen LogP contribution in [0.4, 0.5) is 13.6 Å². The molecule has 57 heavy (non-hydrogen) atoms. The maximum Gasteiger partial charge on any atom is 0.407 e. The summed E-state index contributed by atoms with van der Waals surface area (Å²) in [6.07, 6.45) is 11.1. The van der Waals surface area contributed by atoms with Crippen LogP contribution in [0, 0.1) is 17.3 Å². The molecular formula is C40H48F2N6O8S. The molecule has 0 radical (unpaired) electrons. The van der Waals surface area contributed by atoms with Gasteiger partial charge in [-0.05, 0) is 88.8 Å². The topological polar surface area (TPSA) is 186 Å². The third-order valence-corrected chi connectivity index (χ3v) is 14.0. The van der Waals surface area contributed by atoms with Gasteiger partial charge >= 0.3 is 12.0 Å². The molecule has 8 rings (SSSR count). The number of para-hydroxylation sites is 2. The lowest BCUT2D eigenvalue weighted by atomic mass is 10.00. The van der Waals surface area contributed by atoms with E-state index in [1.165, 1.54) is 11.0 Å². The van der Waals surface area contributed by atoms with Crippen LogP contribution in [0.15, 0.2) is 48.6 Å². The third kappa shape index (κ3) is 8.49. The fourth-order valence-electron chi connectivity index (χ4n) is 8.20. The van der Waals surface area contributed by atoms with Crippen LogP contribution in [0.25, 0.3) is 11.0 Å². The highest BCUT2D eigenvalue weighted by molar-refractivity contribution is 7.91. The third-order valence-electron chi connectivity index (χ3n) is 12.2. The first-order valence-corrected chi connectivity index (χ1v) is 21.6. The van der Waals surface area contributed by atoms with E-state index >= 15 is 8.78 Å². The number of nitrogens with one attached hydrogen (secondary N) is 3. The molecule has 306 valence electrons. The molecule has 1 aromatic heterocycles. The van der Waals surface area contributed by atoms with Crippen molar-refractivity contribution in [3.63, 3.8) is 0 Å². The van der Waals surface area contributed by atoms with E-state index in [-0.39, 0.29) is 42.6 Å². The number of carbonyl (C=O) groups excluding carboxylic acids is 4. The van der Waals surface area contributed by atoms with Crippen LogP contribution in [0.1, 0.15) is 89.2 Å². The van der Waals surface area contributed by atoms with Crippen molar-refractivity contribution >= 4 is 44.9 Å². The van der Waals surface area contributed by atoms with E-state index < -0.39 is 86.1 Å². The number of nitrogens with zero attached hydrogens (tertiary/aromatic N) is 3. The van der Waals surface area contributed by atoms with E-state index in [4.69, 9.17) is 9.47 Å². The van der Waals surface area contributed by atoms with E-state index in [0.717, 1.165) is 31.8 Å². The average molecular weight is 811 g/mol. The van der Waals surface area contributed by atoms with Gasteiger partial charge in [0.2, 0.25) is 27.7 Å². The monoisotopic (exact) mass is 810 g/mol. The van der Waals surface area contributed by atoms with E-state index in [1.807, 2.05) is 12.2 Å². The smallest absolute Gasteiger partial charge is 0.407 e. The number of alkyl carbamates (subject to hydrolysis) is 1. The molecule has 1 unspecified atom stereocenters. The maximum atomic E-state index is 16.2. The Morgan fingerprint density at radius 2 is 1.68 bits per heavy atom. The van der Waals surface area contributed by atoms with Gasteiger partial charge in [-0.2, -0.15) is 8.78 Å². The van der Waals surface area contributed by atoms with Crippen molar-refractivity contribution < 1.29 is 45.9 Å². The van der Waals surface area contributed by atoms with Gasteiger partial charge in [0.1, 0.15) is 17.7 Å².